The van der Waals surface area contributed by atoms with Crippen molar-refractivity contribution in [3.05, 3.63) is 74.1 Å². The number of benzene rings is 2. The molecule has 5 heteroatoms. The molecule has 0 spiro atoms. The number of hydrogen-bond acceptors (Lipinski definition) is 4. The van der Waals surface area contributed by atoms with Crippen molar-refractivity contribution in [2.75, 3.05) is 13.3 Å². The maximum atomic E-state index is 12.1. The summed E-state index contributed by atoms with van der Waals surface area (Å²) in [6.07, 6.45) is 3.97. The van der Waals surface area contributed by atoms with E-state index in [0.717, 1.165) is 71.6 Å². The molecule has 4 nitrogen and oxygen atoms in total. The Balaban J connectivity index is 1.59. The lowest BCUT2D eigenvalue weighted by atomic mass is 9.98. The Morgan fingerprint density at radius 2 is 1.93 bits per heavy atom. The predicted molar refractivity (Wildman–Crippen MR) is 117 cm³/mol. The lowest BCUT2D eigenvalue weighted by Gasteiger charge is -2.30. The molecule has 29 heavy (non-hydrogen) atoms. The highest BCUT2D eigenvalue weighted by Crippen LogP contribution is 2.36. The van der Waals surface area contributed by atoms with Gasteiger partial charge in [-0.2, -0.15) is 0 Å². The van der Waals surface area contributed by atoms with Crippen LogP contribution in [0.1, 0.15) is 42.0 Å². The van der Waals surface area contributed by atoms with Crippen LogP contribution in [-0.2, 0) is 19.4 Å². The molecule has 4 rings (SSSR count). The van der Waals surface area contributed by atoms with Crippen LogP contribution in [0.25, 0.3) is 11.0 Å². The van der Waals surface area contributed by atoms with Gasteiger partial charge in [0.05, 0.1) is 0 Å². The van der Waals surface area contributed by atoms with Crippen molar-refractivity contribution in [3.63, 3.8) is 0 Å². The molecule has 0 bridgehead atoms. The third kappa shape index (κ3) is 4.34. The summed E-state index contributed by atoms with van der Waals surface area (Å²) in [5, 5.41) is 1.80. The van der Waals surface area contributed by atoms with E-state index in [4.69, 9.17) is 20.8 Å². The molecule has 0 N–H and O–H groups in total. The van der Waals surface area contributed by atoms with Crippen molar-refractivity contribution >= 4 is 22.6 Å². The average Bonchev–Trinajstić information content (AvgIpc) is 2.72. The number of nitrogens with zero attached hydrogens (tertiary/aromatic N) is 1. The van der Waals surface area contributed by atoms with E-state index in [1.807, 2.05) is 19.1 Å². The summed E-state index contributed by atoms with van der Waals surface area (Å²) in [7, 11) is 0. The molecule has 0 saturated heterocycles. The van der Waals surface area contributed by atoms with Gasteiger partial charge in [0.2, 0.25) is 0 Å². The summed E-state index contributed by atoms with van der Waals surface area (Å²) in [6, 6.07) is 11.8. The Bertz CT molecular complexity index is 1070. The van der Waals surface area contributed by atoms with Crippen LogP contribution < -0.4 is 10.4 Å². The molecule has 0 radical (unpaired) electrons. The van der Waals surface area contributed by atoms with E-state index in [1.54, 1.807) is 6.07 Å². The first-order valence-electron chi connectivity index (χ1n) is 10.2. The largest absolute Gasteiger partial charge is 0.477 e. The normalized spacial score (nSPS) is 14.0. The second-order valence-electron chi connectivity index (χ2n) is 7.76. The fraction of sp³-hybridized carbons (Fsp3) is 0.375. The number of unbranched alkanes of at least 4 members (excludes halogenated alkanes) is 1. The van der Waals surface area contributed by atoms with Crippen molar-refractivity contribution in [3.8, 4) is 5.75 Å². The zero-order chi connectivity index (χ0) is 20.4. The van der Waals surface area contributed by atoms with E-state index in [9.17, 15) is 4.79 Å². The van der Waals surface area contributed by atoms with Gasteiger partial charge in [0.15, 0.2) is 0 Å². The Kier molecular flexibility index (Phi) is 5.93. The van der Waals surface area contributed by atoms with Crippen LogP contribution in [-0.4, -0.2) is 18.2 Å². The standard InChI is InChI=1S/C24H26ClNO3/c1-3-4-5-18-13-22(27)29-24-16(2)23-19(12-21(18)24)14-26(15-28-23)11-10-17-6-8-20(25)9-7-17/h6-9,12-13H,3-5,10-11,14-15H2,1-2H3. The topological polar surface area (TPSA) is 42.7 Å². The molecule has 2 heterocycles. The van der Waals surface area contributed by atoms with E-state index in [2.05, 4.69) is 30.0 Å². The molecule has 0 amide bonds. The van der Waals surface area contributed by atoms with Crippen LogP contribution in [0, 0.1) is 6.92 Å². The second kappa shape index (κ2) is 8.60. The number of halogens is 1. The highest BCUT2D eigenvalue weighted by molar-refractivity contribution is 6.30. The van der Waals surface area contributed by atoms with Crippen molar-refractivity contribution in [2.24, 2.45) is 0 Å². The van der Waals surface area contributed by atoms with Gasteiger partial charge in [-0.25, -0.2) is 4.79 Å². The van der Waals surface area contributed by atoms with E-state index >= 15 is 0 Å². The fourth-order valence-corrected chi connectivity index (χ4v) is 4.11. The molecule has 2 aromatic carbocycles. The van der Waals surface area contributed by atoms with Crippen LogP contribution in [0.4, 0.5) is 0 Å². The van der Waals surface area contributed by atoms with E-state index in [1.165, 1.54) is 5.56 Å². The van der Waals surface area contributed by atoms with Crippen LogP contribution >= 0.6 is 11.6 Å². The van der Waals surface area contributed by atoms with Crippen LogP contribution in [0.2, 0.25) is 5.02 Å². The van der Waals surface area contributed by atoms with Gasteiger partial charge in [-0.3, -0.25) is 4.90 Å². The predicted octanol–water partition coefficient (Wildman–Crippen LogP) is 5.49. The number of rotatable bonds is 6. The van der Waals surface area contributed by atoms with Gasteiger partial charge in [0, 0.05) is 40.7 Å². The van der Waals surface area contributed by atoms with Gasteiger partial charge < -0.3 is 9.15 Å². The number of aryl methyl sites for hydroxylation is 2. The van der Waals surface area contributed by atoms with Crippen LogP contribution in [0.5, 0.6) is 5.75 Å². The van der Waals surface area contributed by atoms with Gasteiger partial charge in [0.1, 0.15) is 18.1 Å². The molecule has 0 fully saturated rings. The van der Waals surface area contributed by atoms with E-state index in [0.29, 0.717) is 12.3 Å². The summed E-state index contributed by atoms with van der Waals surface area (Å²) >= 11 is 5.98. The minimum atomic E-state index is -0.285. The van der Waals surface area contributed by atoms with Crippen LogP contribution in [0.3, 0.4) is 0 Å². The van der Waals surface area contributed by atoms with Gasteiger partial charge in [-0.15, -0.1) is 0 Å². The molecule has 1 aromatic heterocycles. The lowest BCUT2D eigenvalue weighted by molar-refractivity contribution is 0.0959. The van der Waals surface area contributed by atoms with Gasteiger partial charge in [-0.05, 0) is 55.5 Å². The van der Waals surface area contributed by atoms with Crippen molar-refractivity contribution in [2.45, 2.75) is 46.1 Å². The molecule has 0 saturated carbocycles. The highest BCUT2D eigenvalue weighted by atomic mass is 35.5. The zero-order valence-electron chi connectivity index (χ0n) is 17.0. The number of hydrogen-bond donors (Lipinski definition) is 0. The first kappa shape index (κ1) is 20.0. The second-order valence-corrected chi connectivity index (χ2v) is 8.20. The molecule has 1 aliphatic rings. The summed E-state index contributed by atoms with van der Waals surface area (Å²) in [4.78, 5) is 14.4. The minimum Gasteiger partial charge on any atom is -0.477 e. The Labute approximate surface area is 176 Å². The Morgan fingerprint density at radius 3 is 2.69 bits per heavy atom. The van der Waals surface area contributed by atoms with E-state index in [-0.39, 0.29) is 5.63 Å². The first-order valence-corrected chi connectivity index (χ1v) is 10.6. The molecule has 3 aromatic rings. The molecule has 152 valence electrons. The Hall–Kier alpha value is -2.30. The molecular weight excluding hydrogens is 386 g/mol. The smallest absolute Gasteiger partial charge is 0.336 e. The van der Waals surface area contributed by atoms with Gasteiger partial charge in [-0.1, -0.05) is 37.1 Å². The third-order valence-corrected chi connectivity index (χ3v) is 5.84. The third-order valence-electron chi connectivity index (χ3n) is 5.59. The van der Waals surface area contributed by atoms with E-state index < -0.39 is 0 Å². The maximum absolute atomic E-state index is 12.1. The van der Waals surface area contributed by atoms with Gasteiger partial charge in [0.25, 0.3) is 0 Å². The molecule has 0 atom stereocenters. The highest BCUT2D eigenvalue weighted by Gasteiger charge is 2.23. The first-order chi connectivity index (χ1) is 14.0. The monoisotopic (exact) mass is 411 g/mol. The summed E-state index contributed by atoms with van der Waals surface area (Å²) in [5.41, 5.74) is 4.79. The summed E-state index contributed by atoms with van der Waals surface area (Å²) in [6.45, 7) is 6.41. The minimum absolute atomic E-state index is 0.285. The van der Waals surface area contributed by atoms with Crippen LogP contribution in [0.15, 0.2) is 45.6 Å². The molecule has 1 aliphatic heterocycles. The van der Waals surface area contributed by atoms with Crippen molar-refractivity contribution < 1.29 is 9.15 Å². The van der Waals surface area contributed by atoms with Gasteiger partial charge >= 0.3 is 5.63 Å². The molecule has 0 unspecified atom stereocenters. The maximum Gasteiger partial charge on any atom is 0.336 e. The van der Waals surface area contributed by atoms with Crippen molar-refractivity contribution in [1.29, 1.82) is 0 Å². The molecule has 0 aliphatic carbocycles. The average molecular weight is 412 g/mol. The SMILES string of the molecule is CCCCc1cc(=O)oc2c(C)c3c(cc12)CN(CCc1ccc(Cl)cc1)CO3. The quantitative estimate of drug-likeness (QED) is 0.503. The number of ether oxygens (including phenoxy) is 1. The Morgan fingerprint density at radius 1 is 1.14 bits per heavy atom. The summed E-state index contributed by atoms with van der Waals surface area (Å²) in [5.74, 6) is 0.857. The molecular formula is C24H26ClNO3. The zero-order valence-corrected chi connectivity index (χ0v) is 17.7. The fourth-order valence-electron chi connectivity index (χ4n) is 3.99. The lowest BCUT2D eigenvalue weighted by Crippen LogP contribution is -2.34. The number of fused-ring (bicyclic) bond motifs is 2. The van der Waals surface area contributed by atoms with Crippen molar-refractivity contribution in [1.82, 2.24) is 4.90 Å². The summed E-state index contributed by atoms with van der Waals surface area (Å²) < 4.78 is 11.6.